The summed E-state index contributed by atoms with van der Waals surface area (Å²) in [6.45, 7) is 8.36. The van der Waals surface area contributed by atoms with E-state index >= 15 is 0 Å². The second-order valence-corrected chi connectivity index (χ2v) is 5.34. The highest BCUT2D eigenvalue weighted by Gasteiger charge is 2.24. The number of morpholine rings is 1. The molecule has 0 radical (unpaired) electrons. The molecule has 1 fully saturated rings. The maximum absolute atomic E-state index is 5.65. The molecule has 20 heavy (non-hydrogen) atoms. The van der Waals surface area contributed by atoms with Crippen LogP contribution in [0.4, 0.5) is 5.82 Å². The molecule has 2 unspecified atom stereocenters. The molecule has 5 nitrogen and oxygen atoms in total. The molecule has 1 aliphatic heterocycles. The highest BCUT2D eigenvalue weighted by Crippen LogP contribution is 2.19. The van der Waals surface area contributed by atoms with Crippen LogP contribution in [-0.2, 0) is 16.0 Å². The van der Waals surface area contributed by atoms with Gasteiger partial charge in [-0.15, -0.1) is 0 Å². The summed E-state index contributed by atoms with van der Waals surface area (Å²) < 4.78 is 10.7. The first-order valence-electron chi connectivity index (χ1n) is 7.23. The highest BCUT2D eigenvalue weighted by atomic mass is 16.5. The Hall–Kier alpha value is -1.17. The van der Waals surface area contributed by atoms with E-state index in [0.717, 1.165) is 38.7 Å². The zero-order chi connectivity index (χ0) is 14.4. The third-order valence-electron chi connectivity index (χ3n) is 3.52. The number of anilines is 1. The summed E-state index contributed by atoms with van der Waals surface area (Å²) in [5.74, 6) is 1.04. The number of methoxy groups -OCH3 is 1. The van der Waals surface area contributed by atoms with E-state index in [-0.39, 0.29) is 6.10 Å². The number of aromatic nitrogens is 1. The van der Waals surface area contributed by atoms with Crippen molar-refractivity contribution in [3.63, 3.8) is 0 Å². The van der Waals surface area contributed by atoms with E-state index in [1.807, 2.05) is 6.20 Å². The quantitative estimate of drug-likeness (QED) is 0.798. The van der Waals surface area contributed by atoms with Crippen LogP contribution in [0, 0.1) is 0 Å². The molecule has 0 saturated carbocycles. The summed E-state index contributed by atoms with van der Waals surface area (Å²) >= 11 is 0. The first-order chi connectivity index (χ1) is 9.70. The molecule has 112 valence electrons. The number of pyridine rings is 1. The molecule has 1 aromatic rings. The van der Waals surface area contributed by atoms with Gasteiger partial charge in [-0.3, -0.25) is 0 Å². The van der Waals surface area contributed by atoms with Crippen LogP contribution in [-0.4, -0.2) is 50.5 Å². The minimum Gasteiger partial charge on any atom is -0.383 e. The predicted octanol–water partition coefficient (Wildman–Crippen LogP) is 1.43. The number of rotatable bonds is 6. The molecule has 1 aromatic heterocycles. The number of ether oxygens (including phenoxy) is 2. The Balaban J connectivity index is 1.90. The van der Waals surface area contributed by atoms with Crippen molar-refractivity contribution < 1.29 is 9.47 Å². The number of nitrogens with one attached hydrogen (secondary N) is 1. The third-order valence-corrected chi connectivity index (χ3v) is 3.52. The molecular formula is C15H25N3O2. The first kappa shape index (κ1) is 15.2. The monoisotopic (exact) mass is 279 g/mol. The predicted molar refractivity (Wildman–Crippen MR) is 80.0 cm³/mol. The van der Waals surface area contributed by atoms with E-state index in [1.165, 1.54) is 5.56 Å². The Morgan fingerprint density at radius 2 is 2.30 bits per heavy atom. The number of hydrogen-bond donors (Lipinski definition) is 1. The van der Waals surface area contributed by atoms with Gasteiger partial charge in [-0.2, -0.15) is 0 Å². The topological polar surface area (TPSA) is 46.6 Å². The van der Waals surface area contributed by atoms with Crippen molar-refractivity contribution in [3.05, 3.63) is 23.9 Å². The van der Waals surface area contributed by atoms with Crippen LogP contribution in [0.25, 0.3) is 0 Å². The van der Waals surface area contributed by atoms with Gasteiger partial charge >= 0.3 is 0 Å². The smallest absolute Gasteiger partial charge is 0.128 e. The van der Waals surface area contributed by atoms with Crippen molar-refractivity contribution >= 4 is 5.82 Å². The van der Waals surface area contributed by atoms with Gasteiger partial charge in [-0.05, 0) is 25.5 Å². The Kier molecular flexibility index (Phi) is 5.76. The fraction of sp³-hybridized carbons (Fsp3) is 0.667. The first-order valence-corrected chi connectivity index (χ1v) is 7.23. The van der Waals surface area contributed by atoms with Crippen LogP contribution in [0.2, 0.25) is 0 Å². The fourth-order valence-electron chi connectivity index (χ4n) is 2.32. The summed E-state index contributed by atoms with van der Waals surface area (Å²) in [6, 6.07) is 4.61. The SMILES string of the molecule is COCCNCc1ccc(N2CC(C)OCC2C)nc1. The van der Waals surface area contributed by atoms with Crippen molar-refractivity contribution in [2.45, 2.75) is 32.5 Å². The summed E-state index contributed by atoms with van der Waals surface area (Å²) in [7, 11) is 1.71. The van der Waals surface area contributed by atoms with Gasteiger partial charge < -0.3 is 19.7 Å². The Labute approximate surface area is 121 Å². The molecule has 0 spiro atoms. The van der Waals surface area contributed by atoms with Gasteiger partial charge in [0.1, 0.15) is 5.82 Å². The lowest BCUT2D eigenvalue weighted by Gasteiger charge is -2.37. The van der Waals surface area contributed by atoms with Gasteiger partial charge in [0.25, 0.3) is 0 Å². The average Bonchev–Trinajstić information content (AvgIpc) is 2.47. The minimum absolute atomic E-state index is 0.267. The van der Waals surface area contributed by atoms with Gasteiger partial charge in [0.2, 0.25) is 0 Å². The van der Waals surface area contributed by atoms with Gasteiger partial charge in [-0.25, -0.2) is 4.98 Å². The van der Waals surface area contributed by atoms with Crippen molar-refractivity contribution in [1.29, 1.82) is 0 Å². The van der Waals surface area contributed by atoms with Gasteiger partial charge in [0.05, 0.1) is 25.4 Å². The molecule has 1 aliphatic rings. The molecule has 0 amide bonds. The number of hydrogen-bond acceptors (Lipinski definition) is 5. The lowest BCUT2D eigenvalue weighted by atomic mass is 10.2. The van der Waals surface area contributed by atoms with Crippen LogP contribution < -0.4 is 10.2 Å². The van der Waals surface area contributed by atoms with Crippen molar-refractivity contribution in [2.75, 3.05) is 38.3 Å². The van der Waals surface area contributed by atoms with E-state index in [2.05, 4.69) is 41.2 Å². The second kappa shape index (κ2) is 7.57. The largest absolute Gasteiger partial charge is 0.383 e. The Morgan fingerprint density at radius 1 is 1.45 bits per heavy atom. The molecule has 2 heterocycles. The summed E-state index contributed by atoms with van der Waals surface area (Å²) in [6.07, 6.45) is 2.21. The summed E-state index contributed by atoms with van der Waals surface area (Å²) in [4.78, 5) is 6.90. The van der Waals surface area contributed by atoms with Crippen molar-refractivity contribution in [3.8, 4) is 0 Å². The summed E-state index contributed by atoms with van der Waals surface area (Å²) in [5, 5.41) is 3.32. The van der Waals surface area contributed by atoms with E-state index < -0.39 is 0 Å². The van der Waals surface area contributed by atoms with Crippen molar-refractivity contribution in [1.82, 2.24) is 10.3 Å². The Morgan fingerprint density at radius 3 is 3.00 bits per heavy atom. The molecule has 1 N–H and O–H groups in total. The molecule has 0 aliphatic carbocycles. The average molecular weight is 279 g/mol. The lowest BCUT2D eigenvalue weighted by molar-refractivity contribution is 0.0340. The standard InChI is InChI=1S/C15H25N3O2/c1-12-11-20-13(2)10-18(12)15-5-4-14(9-17-15)8-16-6-7-19-3/h4-5,9,12-13,16H,6-8,10-11H2,1-3H3. The molecular weight excluding hydrogens is 254 g/mol. The molecule has 0 bridgehead atoms. The lowest BCUT2D eigenvalue weighted by Crippen LogP contribution is -2.47. The minimum atomic E-state index is 0.267. The molecule has 2 rings (SSSR count). The van der Waals surface area contributed by atoms with Crippen molar-refractivity contribution in [2.24, 2.45) is 0 Å². The third kappa shape index (κ3) is 4.16. The normalized spacial score (nSPS) is 23.1. The second-order valence-electron chi connectivity index (χ2n) is 5.34. The molecule has 1 saturated heterocycles. The molecule has 0 aromatic carbocycles. The van der Waals surface area contributed by atoms with E-state index in [0.29, 0.717) is 6.04 Å². The maximum atomic E-state index is 5.65. The summed E-state index contributed by atoms with van der Waals surface area (Å²) in [5.41, 5.74) is 1.19. The van der Waals surface area contributed by atoms with Crippen LogP contribution in [0.5, 0.6) is 0 Å². The van der Waals surface area contributed by atoms with Crippen LogP contribution >= 0.6 is 0 Å². The Bertz CT molecular complexity index is 397. The zero-order valence-corrected chi connectivity index (χ0v) is 12.6. The molecule has 2 atom stereocenters. The van der Waals surface area contributed by atoms with E-state index in [1.54, 1.807) is 7.11 Å². The zero-order valence-electron chi connectivity index (χ0n) is 12.6. The fourth-order valence-corrected chi connectivity index (χ4v) is 2.32. The van der Waals surface area contributed by atoms with Gasteiger partial charge in [0.15, 0.2) is 0 Å². The van der Waals surface area contributed by atoms with Gasteiger partial charge in [0, 0.05) is 32.9 Å². The van der Waals surface area contributed by atoms with Crippen LogP contribution in [0.3, 0.4) is 0 Å². The number of nitrogens with zero attached hydrogens (tertiary/aromatic N) is 2. The molecule has 5 heteroatoms. The maximum Gasteiger partial charge on any atom is 0.128 e. The van der Waals surface area contributed by atoms with Gasteiger partial charge in [-0.1, -0.05) is 6.07 Å². The highest BCUT2D eigenvalue weighted by molar-refractivity contribution is 5.41. The van der Waals surface area contributed by atoms with Crippen LogP contribution in [0.1, 0.15) is 19.4 Å². The van der Waals surface area contributed by atoms with E-state index in [9.17, 15) is 0 Å². The van der Waals surface area contributed by atoms with E-state index in [4.69, 9.17) is 9.47 Å². The van der Waals surface area contributed by atoms with Crippen LogP contribution in [0.15, 0.2) is 18.3 Å².